The highest BCUT2D eigenvalue weighted by atomic mass is 35.5. The van der Waals surface area contributed by atoms with Gasteiger partial charge in [0.05, 0.1) is 5.02 Å². The van der Waals surface area contributed by atoms with Crippen LogP contribution in [0.3, 0.4) is 0 Å². The summed E-state index contributed by atoms with van der Waals surface area (Å²) >= 11 is 7.71. The van der Waals surface area contributed by atoms with Crippen molar-refractivity contribution in [2.75, 3.05) is 0 Å². The molecule has 0 fully saturated rings. The molecule has 5 heteroatoms. The molecule has 1 aromatic carbocycles. The van der Waals surface area contributed by atoms with Gasteiger partial charge in [0.25, 0.3) is 0 Å². The Morgan fingerprint density at radius 1 is 1.53 bits per heavy atom. The predicted molar refractivity (Wildman–Crippen MR) is 65.0 cm³/mol. The molecule has 0 radical (unpaired) electrons. The fourth-order valence-corrected chi connectivity index (χ4v) is 2.32. The van der Waals surface area contributed by atoms with E-state index in [4.69, 9.17) is 22.5 Å². The fourth-order valence-electron chi connectivity index (χ4n) is 1.10. The number of halogens is 1. The third-order valence-electron chi connectivity index (χ3n) is 1.70. The molecule has 0 spiro atoms. The summed E-state index contributed by atoms with van der Waals surface area (Å²) in [4.78, 5) is 1.07. The topological polar surface area (TPSA) is 58.6 Å². The molecule has 0 amide bonds. The Hall–Kier alpha value is -0.870. The number of thioether (sulfide) groups is 1. The summed E-state index contributed by atoms with van der Waals surface area (Å²) in [7, 11) is 0. The van der Waals surface area contributed by atoms with Gasteiger partial charge in [-0.2, -0.15) is 0 Å². The highest BCUT2D eigenvalue weighted by Crippen LogP contribution is 2.27. The zero-order chi connectivity index (χ0) is 11.4. The Morgan fingerprint density at radius 3 is 2.67 bits per heavy atom. The van der Waals surface area contributed by atoms with Crippen LogP contribution < -0.4 is 5.73 Å². The van der Waals surface area contributed by atoms with Gasteiger partial charge in [0, 0.05) is 15.7 Å². The van der Waals surface area contributed by atoms with Gasteiger partial charge in [-0.3, -0.25) is 0 Å². The summed E-state index contributed by atoms with van der Waals surface area (Å²) in [6.45, 7) is 4.21. The van der Waals surface area contributed by atoms with Crippen molar-refractivity contribution < 1.29 is 5.21 Å². The van der Waals surface area contributed by atoms with Crippen LogP contribution >= 0.6 is 23.4 Å². The lowest BCUT2D eigenvalue weighted by atomic mass is 10.2. The second-order valence-corrected chi connectivity index (χ2v) is 5.35. The van der Waals surface area contributed by atoms with E-state index < -0.39 is 0 Å². The monoisotopic (exact) mass is 244 g/mol. The molecule has 0 bridgehead atoms. The zero-order valence-corrected chi connectivity index (χ0v) is 10.1. The molecule has 0 unspecified atom stereocenters. The predicted octanol–water partition coefficient (Wildman–Crippen LogP) is 2.93. The SMILES string of the molecule is CC(C)Sc1ccc(C(N)=NO)c(Cl)c1. The van der Waals surface area contributed by atoms with Gasteiger partial charge in [0.2, 0.25) is 0 Å². The molecular weight excluding hydrogens is 232 g/mol. The lowest BCUT2D eigenvalue weighted by Gasteiger charge is -2.07. The Bertz CT molecular complexity index is 380. The van der Waals surface area contributed by atoms with Crippen LogP contribution in [0.2, 0.25) is 5.02 Å². The zero-order valence-electron chi connectivity index (χ0n) is 8.57. The molecule has 82 valence electrons. The first-order chi connectivity index (χ1) is 7.04. The molecule has 1 aromatic rings. The van der Waals surface area contributed by atoms with Crippen molar-refractivity contribution in [3.63, 3.8) is 0 Å². The summed E-state index contributed by atoms with van der Waals surface area (Å²) in [6, 6.07) is 5.48. The number of rotatable bonds is 3. The number of benzene rings is 1. The summed E-state index contributed by atoms with van der Waals surface area (Å²) in [5.41, 5.74) is 6.00. The normalized spacial score (nSPS) is 12.1. The Kier molecular flexibility index (Phi) is 4.29. The largest absolute Gasteiger partial charge is 0.409 e. The van der Waals surface area contributed by atoms with Gasteiger partial charge in [-0.1, -0.05) is 30.6 Å². The summed E-state index contributed by atoms with van der Waals surface area (Å²) < 4.78 is 0. The van der Waals surface area contributed by atoms with Gasteiger partial charge in [-0.15, -0.1) is 11.8 Å². The maximum Gasteiger partial charge on any atom is 0.171 e. The molecule has 0 atom stereocenters. The van der Waals surface area contributed by atoms with Gasteiger partial charge >= 0.3 is 0 Å². The van der Waals surface area contributed by atoms with Crippen molar-refractivity contribution in [1.29, 1.82) is 0 Å². The molecular formula is C10H13ClN2OS. The van der Waals surface area contributed by atoms with E-state index in [2.05, 4.69) is 19.0 Å². The van der Waals surface area contributed by atoms with E-state index in [9.17, 15) is 0 Å². The maximum atomic E-state index is 8.53. The number of amidine groups is 1. The Balaban J connectivity index is 2.98. The van der Waals surface area contributed by atoms with Crippen molar-refractivity contribution in [3.05, 3.63) is 28.8 Å². The Labute approximate surface area is 98.3 Å². The van der Waals surface area contributed by atoms with Crippen LogP contribution in [0.15, 0.2) is 28.3 Å². The van der Waals surface area contributed by atoms with E-state index in [1.807, 2.05) is 12.1 Å². The van der Waals surface area contributed by atoms with E-state index in [1.54, 1.807) is 17.8 Å². The molecule has 0 aliphatic rings. The van der Waals surface area contributed by atoms with Crippen molar-refractivity contribution >= 4 is 29.2 Å². The fraction of sp³-hybridized carbons (Fsp3) is 0.300. The second-order valence-electron chi connectivity index (χ2n) is 3.29. The van der Waals surface area contributed by atoms with Crippen LogP contribution in [0.25, 0.3) is 0 Å². The molecule has 0 heterocycles. The molecule has 0 aliphatic heterocycles. The standard InChI is InChI=1S/C10H13ClN2OS/c1-6(2)15-7-3-4-8(9(11)5-7)10(12)13-14/h3-6,14H,1-2H3,(H2,12,13). The quantitative estimate of drug-likeness (QED) is 0.283. The lowest BCUT2D eigenvalue weighted by Crippen LogP contribution is -2.13. The second kappa shape index (κ2) is 5.28. The van der Waals surface area contributed by atoms with Gasteiger partial charge in [-0.05, 0) is 18.2 Å². The molecule has 15 heavy (non-hydrogen) atoms. The van der Waals surface area contributed by atoms with Crippen molar-refractivity contribution in [2.24, 2.45) is 10.9 Å². The number of hydrogen-bond acceptors (Lipinski definition) is 3. The molecule has 0 aromatic heterocycles. The van der Waals surface area contributed by atoms with Crippen LogP contribution in [0.5, 0.6) is 0 Å². The van der Waals surface area contributed by atoms with Crippen LogP contribution in [-0.4, -0.2) is 16.3 Å². The lowest BCUT2D eigenvalue weighted by molar-refractivity contribution is 0.318. The molecule has 0 aliphatic carbocycles. The van der Waals surface area contributed by atoms with Crippen molar-refractivity contribution in [2.45, 2.75) is 24.0 Å². The van der Waals surface area contributed by atoms with E-state index in [0.29, 0.717) is 15.8 Å². The van der Waals surface area contributed by atoms with Gasteiger partial charge < -0.3 is 10.9 Å². The minimum atomic E-state index is 0.0288. The van der Waals surface area contributed by atoms with Gasteiger partial charge in [0.1, 0.15) is 0 Å². The van der Waals surface area contributed by atoms with Crippen molar-refractivity contribution in [1.82, 2.24) is 0 Å². The van der Waals surface area contributed by atoms with E-state index in [0.717, 1.165) is 4.90 Å². The maximum absolute atomic E-state index is 8.53. The van der Waals surface area contributed by atoms with E-state index in [1.165, 1.54) is 0 Å². The number of nitrogens with zero attached hydrogens (tertiary/aromatic N) is 1. The average Bonchev–Trinajstić information content (AvgIpc) is 2.16. The van der Waals surface area contributed by atoms with Crippen molar-refractivity contribution in [3.8, 4) is 0 Å². The van der Waals surface area contributed by atoms with Crippen LogP contribution in [0.4, 0.5) is 0 Å². The number of hydrogen-bond donors (Lipinski definition) is 2. The molecule has 0 saturated carbocycles. The summed E-state index contributed by atoms with van der Waals surface area (Å²) in [5, 5.41) is 12.4. The first-order valence-corrected chi connectivity index (χ1v) is 5.74. The highest BCUT2D eigenvalue weighted by molar-refractivity contribution is 7.99. The van der Waals surface area contributed by atoms with E-state index in [-0.39, 0.29) is 5.84 Å². The number of oxime groups is 1. The third kappa shape index (κ3) is 3.32. The van der Waals surface area contributed by atoms with E-state index >= 15 is 0 Å². The third-order valence-corrected chi connectivity index (χ3v) is 3.01. The average molecular weight is 245 g/mol. The first-order valence-electron chi connectivity index (χ1n) is 4.48. The van der Waals surface area contributed by atoms with Crippen LogP contribution in [-0.2, 0) is 0 Å². The number of nitrogens with two attached hydrogens (primary N) is 1. The summed E-state index contributed by atoms with van der Waals surface area (Å²) in [6.07, 6.45) is 0. The van der Waals surface area contributed by atoms with Gasteiger partial charge in [-0.25, -0.2) is 0 Å². The molecule has 0 saturated heterocycles. The molecule has 3 N–H and O–H groups in total. The van der Waals surface area contributed by atoms with Gasteiger partial charge in [0.15, 0.2) is 5.84 Å². The molecule has 3 nitrogen and oxygen atoms in total. The minimum absolute atomic E-state index is 0.0288. The molecule has 1 rings (SSSR count). The summed E-state index contributed by atoms with van der Waals surface area (Å²) in [5.74, 6) is 0.0288. The minimum Gasteiger partial charge on any atom is -0.409 e. The Morgan fingerprint density at radius 2 is 2.20 bits per heavy atom. The smallest absolute Gasteiger partial charge is 0.171 e. The first kappa shape index (κ1) is 12.2. The highest BCUT2D eigenvalue weighted by Gasteiger charge is 2.07. The van der Waals surface area contributed by atoms with Crippen LogP contribution in [0, 0.1) is 0 Å². The van der Waals surface area contributed by atoms with Crippen LogP contribution in [0.1, 0.15) is 19.4 Å².